The molecular weight excluding hydrogens is 571 g/mol. The summed E-state index contributed by atoms with van der Waals surface area (Å²) in [5, 5.41) is 5.21. The Bertz CT molecular complexity index is 2750. The lowest BCUT2D eigenvalue weighted by Gasteiger charge is -2.47. The first-order valence-electron chi connectivity index (χ1n) is 16.4. The molecular formula is C42H23BN4. The number of nitrogens with zero attached hydrogens (tertiary/aromatic N) is 4. The molecule has 0 spiro atoms. The van der Waals surface area contributed by atoms with E-state index < -0.39 is 0 Å². The maximum atomic E-state index is 2.57. The lowest BCUT2D eigenvalue weighted by Crippen LogP contribution is -2.62. The van der Waals surface area contributed by atoms with Crippen LogP contribution in [0.4, 0.5) is 34.1 Å². The van der Waals surface area contributed by atoms with Crippen LogP contribution >= 0.6 is 0 Å². The first kappa shape index (κ1) is 23.2. The molecule has 0 amide bonds. The molecule has 0 aliphatic carbocycles. The van der Waals surface area contributed by atoms with Crippen molar-refractivity contribution in [1.82, 2.24) is 9.13 Å². The third-order valence-electron chi connectivity index (χ3n) is 11.3. The van der Waals surface area contributed by atoms with Crippen molar-refractivity contribution in [2.24, 2.45) is 0 Å². The van der Waals surface area contributed by atoms with Crippen LogP contribution < -0.4 is 26.2 Å². The molecule has 4 aliphatic rings. The summed E-state index contributed by atoms with van der Waals surface area (Å²) in [6.45, 7) is 0.0981. The average Bonchev–Trinajstić information content (AvgIpc) is 3.66. The highest BCUT2D eigenvalue weighted by molar-refractivity contribution is 7.00. The highest BCUT2D eigenvalue weighted by Crippen LogP contribution is 2.54. The van der Waals surface area contributed by atoms with Gasteiger partial charge in [0.2, 0.25) is 0 Å². The summed E-state index contributed by atoms with van der Waals surface area (Å²) >= 11 is 0. The molecule has 0 atom stereocenters. The van der Waals surface area contributed by atoms with Crippen LogP contribution in [0.5, 0.6) is 0 Å². The molecule has 0 fully saturated rings. The molecule has 0 bridgehead atoms. The number of hydrogen-bond acceptors (Lipinski definition) is 2. The second kappa shape index (κ2) is 7.60. The van der Waals surface area contributed by atoms with E-state index in [2.05, 4.69) is 158 Å². The van der Waals surface area contributed by atoms with Gasteiger partial charge in [0.25, 0.3) is 6.71 Å². The van der Waals surface area contributed by atoms with E-state index >= 15 is 0 Å². The maximum Gasteiger partial charge on any atom is 0.252 e. The van der Waals surface area contributed by atoms with Crippen LogP contribution in [0.2, 0.25) is 0 Å². The number of hydrogen-bond donors (Lipinski definition) is 0. The zero-order valence-corrected chi connectivity index (χ0v) is 25.1. The van der Waals surface area contributed by atoms with Crippen molar-refractivity contribution >= 4 is 101 Å². The first-order chi connectivity index (χ1) is 23.4. The van der Waals surface area contributed by atoms with E-state index in [-0.39, 0.29) is 6.71 Å². The molecule has 2 aromatic heterocycles. The largest absolute Gasteiger partial charge is 0.307 e. The Morgan fingerprint density at radius 3 is 1.28 bits per heavy atom. The summed E-state index contributed by atoms with van der Waals surface area (Å²) in [5.74, 6) is 0. The van der Waals surface area contributed by atoms with Crippen LogP contribution in [0.1, 0.15) is 0 Å². The Kier molecular flexibility index (Phi) is 3.75. The summed E-state index contributed by atoms with van der Waals surface area (Å²) in [5.41, 5.74) is 19.3. The van der Waals surface area contributed by atoms with Gasteiger partial charge in [0.1, 0.15) is 0 Å². The van der Waals surface area contributed by atoms with Crippen LogP contribution in [0, 0.1) is 0 Å². The number of aromatic nitrogens is 2. The molecule has 9 aromatic rings. The van der Waals surface area contributed by atoms with Gasteiger partial charge in [-0.1, -0.05) is 91.0 Å². The minimum Gasteiger partial charge on any atom is -0.307 e. The average molecular weight is 594 g/mol. The van der Waals surface area contributed by atoms with Gasteiger partial charge in [-0.2, -0.15) is 0 Å². The first-order valence-corrected chi connectivity index (χ1v) is 16.4. The quantitative estimate of drug-likeness (QED) is 0.164. The Balaban J connectivity index is 1.25. The smallest absolute Gasteiger partial charge is 0.252 e. The van der Waals surface area contributed by atoms with Crippen molar-refractivity contribution in [2.75, 3.05) is 9.80 Å². The molecule has 0 saturated carbocycles. The topological polar surface area (TPSA) is 16.3 Å². The van der Waals surface area contributed by atoms with Crippen molar-refractivity contribution < 1.29 is 0 Å². The molecule has 0 saturated heterocycles. The van der Waals surface area contributed by atoms with Crippen molar-refractivity contribution in [3.05, 3.63) is 140 Å². The minimum absolute atomic E-state index is 0.0981. The summed E-state index contributed by atoms with van der Waals surface area (Å²) in [6.07, 6.45) is 0. The van der Waals surface area contributed by atoms with Crippen LogP contribution in [-0.2, 0) is 0 Å². The molecule has 6 heterocycles. The van der Waals surface area contributed by atoms with Gasteiger partial charge in [-0.3, -0.25) is 0 Å². The molecule has 7 aromatic carbocycles. The van der Waals surface area contributed by atoms with E-state index in [0.717, 1.165) is 0 Å². The summed E-state index contributed by atoms with van der Waals surface area (Å²) < 4.78 is 5.03. The van der Waals surface area contributed by atoms with Crippen LogP contribution in [-0.4, -0.2) is 15.8 Å². The number of para-hydroxylation sites is 6. The van der Waals surface area contributed by atoms with Gasteiger partial charge in [-0.05, 0) is 64.9 Å². The molecule has 13 rings (SSSR count). The van der Waals surface area contributed by atoms with Crippen LogP contribution in [0.3, 0.4) is 0 Å². The van der Waals surface area contributed by atoms with Gasteiger partial charge in [0.05, 0.1) is 56.2 Å². The molecule has 214 valence electrons. The van der Waals surface area contributed by atoms with Gasteiger partial charge in [-0.25, -0.2) is 0 Å². The third kappa shape index (κ3) is 2.40. The summed E-state index contributed by atoms with van der Waals surface area (Å²) in [7, 11) is 0. The van der Waals surface area contributed by atoms with Gasteiger partial charge < -0.3 is 18.9 Å². The fourth-order valence-electron chi connectivity index (χ4n) is 9.68. The van der Waals surface area contributed by atoms with Crippen LogP contribution in [0.25, 0.3) is 55.0 Å². The zero-order chi connectivity index (χ0) is 30.1. The van der Waals surface area contributed by atoms with Crippen molar-refractivity contribution in [2.45, 2.75) is 0 Å². The predicted molar refractivity (Wildman–Crippen MR) is 196 cm³/mol. The van der Waals surface area contributed by atoms with E-state index in [1.54, 1.807) is 0 Å². The Labute approximate surface area is 270 Å². The van der Waals surface area contributed by atoms with Gasteiger partial charge in [0, 0.05) is 32.9 Å². The molecule has 0 N–H and O–H groups in total. The molecule has 5 heteroatoms. The summed E-state index contributed by atoms with van der Waals surface area (Å²) in [6, 6.07) is 52.2. The predicted octanol–water partition coefficient (Wildman–Crippen LogP) is 8.59. The minimum atomic E-state index is 0.0981. The number of fused-ring (bicyclic) bond motifs is 16. The second-order valence-corrected chi connectivity index (χ2v) is 13.3. The number of anilines is 6. The van der Waals surface area contributed by atoms with Crippen molar-refractivity contribution in [1.29, 1.82) is 0 Å². The maximum absolute atomic E-state index is 2.57. The Morgan fingerprint density at radius 2 is 0.766 bits per heavy atom. The van der Waals surface area contributed by atoms with E-state index in [1.807, 2.05) is 0 Å². The molecule has 0 radical (unpaired) electrons. The number of benzene rings is 7. The lowest BCUT2D eigenvalue weighted by atomic mass is 9.33. The summed E-state index contributed by atoms with van der Waals surface area (Å²) in [4.78, 5) is 5.13. The van der Waals surface area contributed by atoms with E-state index in [9.17, 15) is 0 Å². The molecule has 4 nitrogen and oxygen atoms in total. The van der Waals surface area contributed by atoms with Crippen molar-refractivity contribution in [3.63, 3.8) is 0 Å². The van der Waals surface area contributed by atoms with Crippen molar-refractivity contribution in [3.8, 4) is 11.4 Å². The Hall–Kier alpha value is -6.20. The third-order valence-corrected chi connectivity index (χ3v) is 11.3. The van der Waals surface area contributed by atoms with E-state index in [1.165, 1.54) is 105 Å². The van der Waals surface area contributed by atoms with Gasteiger partial charge >= 0.3 is 0 Å². The van der Waals surface area contributed by atoms with E-state index in [4.69, 9.17) is 0 Å². The fourth-order valence-corrected chi connectivity index (χ4v) is 9.68. The Morgan fingerprint density at radius 1 is 0.340 bits per heavy atom. The van der Waals surface area contributed by atoms with Crippen LogP contribution in [0.15, 0.2) is 140 Å². The number of rotatable bonds is 0. The highest BCUT2D eigenvalue weighted by atomic mass is 15.2. The zero-order valence-electron chi connectivity index (χ0n) is 25.1. The molecule has 0 unspecified atom stereocenters. The monoisotopic (exact) mass is 594 g/mol. The molecule has 47 heavy (non-hydrogen) atoms. The highest BCUT2D eigenvalue weighted by Gasteiger charge is 2.47. The normalized spacial score (nSPS) is 14.3. The van der Waals surface area contributed by atoms with Gasteiger partial charge in [0.15, 0.2) is 0 Å². The second-order valence-electron chi connectivity index (χ2n) is 13.3. The fraction of sp³-hybridized carbons (Fsp3) is 0. The van der Waals surface area contributed by atoms with Gasteiger partial charge in [-0.15, -0.1) is 0 Å². The lowest BCUT2D eigenvalue weighted by molar-refractivity contribution is 1.10. The standard InChI is InChI=1S/C42H23BN4/c1-3-12-30-24(10-1)26-20-22-28-41-39(26)44(30)32-14-5-7-16-34(32)46(41)36-18-9-19-37-38(36)43(28)29-23-21-27-25-11-2-4-13-31(25)45-33-15-6-8-17-35(33)47(37)42(29)40(27)45/h1-23H. The SMILES string of the molecule is c1ccc2c(c1)N1c3cccc4c3B(c3ccc5c6ccccc6n-2c5c31)c1ccc2c3ccccc3n3c2c1N4c1ccccc1-3. The van der Waals surface area contributed by atoms with E-state index in [0.29, 0.717) is 0 Å². The molecule has 4 aliphatic heterocycles.